The number of hydrogen-bond acceptors (Lipinski definition) is 1. The second kappa shape index (κ2) is 19.8. The molecule has 0 aromatic heterocycles. The van der Waals surface area contributed by atoms with Crippen LogP contribution in [0.5, 0.6) is 5.75 Å². The standard InChI is InChI=1S/C37H62O/c1-3-5-7-9-11-14-32-17-19-34(20-18-32)16-13-31-38-37-29-27-36(28-30-37)26-25-35-23-21-33(22-24-35)15-12-10-8-6-4-2/h13,16,27-30,32-35H,3-12,14-15,17-26,31H2,1-2H3. The lowest BCUT2D eigenvalue weighted by atomic mass is 9.78. The van der Waals surface area contributed by atoms with Crippen LogP contribution >= 0.6 is 0 Å². The summed E-state index contributed by atoms with van der Waals surface area (Å²) in [6.07, 6.45) is 36.1. The first-order valence-electron chi connectivity index (χ1n) is 17.1. The largest absolute Gasteiger partial charge is 0.490 e. The molecule has 0 N–H and O–H groups in total. The van der Waals surface area contributed by atoms with Crippen LogP contribution in [0.3, 0.4) is 0 Å². The number of benzene rings is 1. The molecule has 1 aromatic rings. The highest BCUT2D eigenvalue weighted by Crippen LogP contribution is 2.35. The average molecular weight is 523 g/mol. The van der Waals surface area contributed by atoms with Crippen molar-refractivity contribution in [2.45, 2.75) is 155 Å². The van der Waals surface area contributed by atoms with Crippen LogP contribution in [0, 0.1) is 23.7 Å². The van der Waals surface area contributed by atoms with Gasteiger partial charge in [0.2, 0.25) is 0 Å². The van der Waals surface area contributed by atoms with E-state index < -0.39 is 0 Å². The average Bonchev–Trinajstić information content (AvgIpc) is 2.96. The Balaban J connectivity index is 1.21. The van der Waals surface area contributed by atoms with Crippen molar-refractivity contribution in [2.24, 2.45) is 23.7 Å². The molecule has 216 valence electrons. The first-order chi connectivity index (χ1) is 18.8. The van der Waals surface area contributed by atoms with E-state index in [0.717, 1.165) is 29.4 Å². The van der Waals surface area contributed by atoms with Crippen molar-refractivity contribution in [2.75, 3.05) is 6.61 Å². The van der Waals surface area contributed by atoms with Gasteiger partial charge in [0.1, 0.15) is 12.4 Å². The van der Waals surface area contributed by atoms with Crippen molar-refractivity contribution in [1.29, 1.82) is 0 Å². The topological polar surface area (TPSA) is 9.23 Å². The highest BCUT2D eigenvalue weighted by Gasteiger charge is 2.21. The molecule has 0 unspecified atom stereocenters. The molecule has 2 aliphatic carbocycles. The molecule has 0 spiro atoms. The van der Waals surface area contributed by atoms with Crippen LogP contribution in [0.2, 0.25) is 0 Å². The molecule has 0 aliphatic heterocycles. The maximum absolute atomic E-state index is 6.03. The van der Waals surface area contributed by atoms with E-state index in [2.05, 4.69) is 50.3 Å². The van der Waals surface area contributed by atoms with Crippen molar-refractivity contribution >= 4 is 0 Å². The molecule has 0 atom stereocenters. The molecule has 2 saturated carbocycles. The van der Waals surface area contributed by atoms with Crippen LogP contribution in [0.4, 0.5) is 0 Å². The highest BCUT2D eigenvalue weighted by molar-refractivity contribution is 5.27. The Kier molecular flexibility index (Phi) is 16.3. The van der Waals surface area contributed by atoms with Crippen molar-refractivity contribution in [3.63, 3.8) is 0 Å². The summed E-state index contributed by atoms with van der Waals surface area (Å²) >= 11 is 0. The smallest absolute Gasteiger partial charge is 0.119 e. The van der Waals surface area contributed by atoms with E-state index in [4.69, 9.17) is 4.74 Å². The summed E-state index contributed by atoms with van der Waals surface area (Å²) in [7, 11) is 0. The van der Waals surface area contributed by atoms with Gasteiger partial charge in [0.25, 0.3) is 0 Å². The lowest BCUT2D eigenvalue weighted by Crippen LogP contribution is -2.15. The molecule has 0 bridgehead atoms. The molecule has 0 amide bonds. The van der Waals surface area contributed by atoms with Gasteiger partial charge in [-0.2, -0.15) is 0 Å². The molecule has 0 saturated heterocycles. The number of aryl methyl sites for hydroxylation is 1. The molecule has 1 aromatic carbocycles. The first-order valence-corrected chi connectivity index (χ1v) is 17.1. The molecule has 38 heavy (non-hydrogen) atoms. The number of unbranched alkanes of at least 4 members (excludes halogenated alkanes) is 8. The Morgan fingerprint density at radius 3 is 1.66 bits per heavy atom. The van der Waals surface area contributed by atoms with Crippen LogP contribution in [0.25, 0.3) is 0 Å². The van der Waals surface area contributed by atoms with E-state index >= 15 is 0 Å². The SMILES string of the molecule is CCCCCCCC1CCC(C=CCOc2ccc(CCC3CCC(CCCCCCC)CC3)cc2)CC1. The zero-order valence-electron chi connectivity index (χ0n) is 25.4. The number of ether oxygens (including phenoxy) is 1. The van der Waals surface area contributed by atoms with Crippen molar-refractivity contribution in [3.8, 4) is 5.75 Å². The van der Waals surface area contributed by atoms with Gasteiger partial charge in [-0.1, -0.05) is 141 Å². The summed E-state index contributed by atoms with van der Waals surface area (Å²) in [5.41, 5.74) is 1.48. The van der Waals surface area contributed by atoms with Gasteiger partial charge in [0.15, 0.2) is 0 Å². The van der Waals surface area contributed by atoms with Gasteiger partial charge in [-0.25, -0.2) is 0 Å². The van der Waals surface area contributed by atoms with Gasteiger partial charge in [0.05, 0.1) is 0 Å². The Hall–Kier alpha value is -1.24. The van der Waals surface area contributed by atoms with E-state index in [1.165, 1.54) is 147 Å². The maximum Gasteiger partial charge on any atom is 0.119 e. The van der Waals surface area contributed by atoms with Crippen molar-refractivity contribution < 1.29 is 4.74 Å². The molecule has 1 heteroatoms. The van der Waals surface area contributed by atoms with E-state index in [1.54, 1.807) is 0 Å². The first kappa shape index (κ1) is 31.3. The predicted molar refractivity (Wildman–Crippen MR) is 167 cm³/mol. The Morgan fingerprint density at radius 1 is 0.605 bits per heavy atom. The van der Waals surface area contributed by atoms with Gasteiger partial charge < -0.3 is 4.74 Å². The minimum Gasteiger partial charge on any atom is -0.490 e. The fourth-order valence-corrected chi connectivity index (χ4v) is 7.07. The summed E-state index contributed by atoms with van der Waals surface area (Å²) in [4.78, 5) is 0. The molecule has 0 heterocycles. The molecule has 1 nitrogen and oxygen atoms in total. The van der Waals surface area contributed by atoms with E-state index in [0.29, 0.717) is 6.61 Å². The fourth-order valence-electron chi connectivity index (χ4n) is 7.07. The van der Waals surface area contributed by atoms with Crippen LogP contribution in [-0.2, 0) is 6.42 Å². The highest BCUT2D eigenvalue weighted by atomic mass is 16.5. The second-order valence-corrected chi connectivity index (χ2v) is 13.0. The summed E-state index contributed by atoms with van der Waals surface area (Å²) in [6.45, 7) is 5.32. The van der Waals surface area contributed by atoms with Crippen LogP contribution in [0.15, 0.2) is 36.4 Å². The van der Waals surface area contributed by atoms with Crippen LogP contribution < -0.4 is 4.74 Å². The fraction of sp³-hybridized carbons (Fsp3) is 0.784. The monoisotopic (exact) mass is 522 g/mol. The minimum atomic E-state index is 0.707. The Labute approximate surface area is 237 Å². The van der Waals surface area contributed by atoms with Crippen LogP contribution in [0.1, 0.15) is 154 Å². The molecule has 3 rings (SSSR count). The summed E-state index contributed by atoms with van der Waals surface area (Å²) in [6, 6.07) is 8.96. The van der Waals surface area contributed by atoms with Gasteiger partial charge in [-0.15, -0.1) is 0 Å². The van der Waals surface area contributed by atoms with Gasteiger partial charge in [-0.05, 0) is 79.9 Å². The normalized spacial score (nSPS) is 24.2. The summed E-state index contributed by atoms with van der Waals surface area (Å²) < 4.78 is 6.03. The Bertz CT molecular complexity index is 703. The lowest BCUT2D eigenvalue weighted by molar-refractivity contribution is 0.248. The second-order valence-electron chi connectivity index (χ2n) is 13.0. The predicted octanol–water partition coefficient (Wildman–Crippen LogP) is 11.9. The minimum absolute atomic E-state index is 0.707. The van der Waals surface area contributed by atoms with E-state index in [9.17, 15) is 0 Å². The number of allylic oxidation sites excluding steroid dienone is 1. The summed E-state index contributed by atoms with van der Waals surface area (Å²) in [5, 5.41) is 0. The van der Waals surface area contributed by atoms with Crippen molar-refractivity contribution in [3.05, 3.63) is 42.0 Å². The molecular weight excluding hydrogens is 460 g/mol. The quantitative estimate of drug-likeness (QED) is 0.130. The molecule has 2 fully saturated rings. The third-order valence-corrected chi connectivity index (χ3v) is 9.81. The zero-order valence-corrected chi connectivity index (χ0v) is 25.4. The van der Waals surface area contributed by atoms with Crippen LogP contribution in [-0.4, -0.2) is 6.61 Å². The number of rotatable bonds is 19. The molecule has 0 radical (unpaired) electrons. The maximum atomic E-state index is 6.03. The van der Waals surface area contributed by atoms with Crippen molar-refractivity contribution in [1.82, 2.24) is 0 Å². The van der Waals surface area contributed by atoms with E-state index in [-0.39, 0.29) is 0 Å². The Morgan fingerprint density at radius 2 is 1.11 bits per heavy atom. The third kappa shape index (κ3) is 13.2. The molecular formula is C37H62O. The zero-order chi connectivity index (χ0) is 26.7. The lowest BCUT2D eigenvalue weighted by Gasteiger charge is -2.28. The molecule has 2 aliphatic rings. The third-order valence-electron chi connectivity index (χ3n) is 9.81. The summed E-state index contributed by atoms with van der Waals surface area (Å²) in [5.74, 6) is 4.77. The van der Waals surface area contributed by atoms with E-state index in [1.807, 2.05) is 0 Å². The number of hydrogen-bond donors (Lipinski definition) is 0. The van der Waals surface area contributed by atoms with Gasteiger partial charge in [-0.3, -0.25) is 0 Å². The van der Waals surface area contributed by atoms with Gasteiger partial charge in [0, 0.05) is 0 Å². The van der Waals surface area contributed by atoms with Gasteiger partial charge >= 0.3 is 0 Å².